The average molecular weight is 465 g/mol. The van der Waals surface area contributed by atoms with Crippen molar-refractivity contribution in [3.8, 4) is 5.75 Å². The van der Waals surface area contributed by atoms with E-state index in [4.69, 9.17) is 4.74 Å². The molecule has 6 heteroatoms. The summed E-state index contributed by atoms with van der Waals surface area (Å²) in [6.07, 6.45) is 4.68. The fourth-order valence-corrected chi connectivity index (χ4v) is 5.34. The number of fused-ring (bicyclic) bond motifs is 2. The second-order valence-corrected chi connectivity index (χ2v) is 9.60. The first-order chi connectivity index (χ1) is 16.2. The van der Waals surface area contributed by atoms with Gasteiger partial charge < -0.3 is 19.3 Å². The van der Waals surface area contributed by atoms with Crippen molar-refractivity contribution in [1.29, 1.82) is 0 Å². The number of benzene rings is 3. The maximum atomic E-state index is 12.5. The fourth-order valence-electron chi connectivity index (χ4n) is 4.46. The molecule has 0 saturated carbocycles. The van der Waals surface area contributed by atoms with Crippen LogP contribution < -0.4 is 14.4 Å². The van der Waals surface area contributed by atoms with Crippen LogP contribution in [-0.4, -0.2) is 36.0 Å². The molecule has 0 spiro atoms. The predicted octanol–water partition coefficient (Wildman–Crippen LogP) is 4.78. The molecule has 0 fully saturated rings. The lowest BCUT2D eigenvalue weighted by Crippen LogP contribution is -2.35. The molecule has 0 aromatic heterocycles. The number of hydrogen-bond donors (Lipinski definition) is 2. The highest BCUT2D eigenvalue weighted by Crippen LogP contribution is 2.38. The van der Waals surface area contributed by atoms with Gasteiger partial charge in [0.15, 0.2) is 4.90 Å². The van der Waals surface area contributed by atoms with E-state index in [1.807, 2.05) is 24.3 Å². The number of unbranched alkanes of at least 4 members (excludes halogenated alkanes) is 1. The zero-order chi connectivity index (χ0) is 23.0. The van der Waals surface area contributed by atoms with Crippen LogP contribution in [0.4, 0.5) is 11.4 Å². The second-order valence-electron chi connectivity index (χ2n) is 8.30. The van der Waals surface area contributed by atoms with E-state index < -0.39 is 11.4 Å². The van der Waals surface area contributed by atoms with Crippen LogP contribution >= 0.6 is 0 Å². The molecule has 3 aromatic rings. The number of anilines is 2. The normalized spacial score (nSPS) is 14.7. The summed E-state index contributed by atoms with van der Waals surface area (Å²) < 4.78 is 20.7. The van der Waals surface area contributed by atoms with Crippen LogP contribution in [0.15, 0.2) is 77.7 Å². The van der Waals surface area contributed by atoms with Crippen molar-refractivity contribution in [1.82, 2.24) is 4.72 Å². The molecule has 0 radical (unpaired) electrons. The Hall–Kier alpha value is -2.51. The van der Waals surface area contributed by atoms with E-state index in [2.05, 4.69) is 58.2 Å². The van der Waals surface area contributed by atoms with E-state index in [9.17, 15) is 9.66 Å². The molecule has 2 atom stereocenters. The van der Waals surface area contributed by atoms with Crippen LogP contribution in [0, 0.1) is 0 Å². The maximum absolute atomic E-state index is 12.5. The van der Waals surface area contributed by atoms with Crippen molar-refractivity contribution in [2.45, 2.75) is 43.0 Å². The Kier molecular flexibility index (Phi) is 8.29. The smallest absolute Gasteiger partial charge is 0.174 e. The number of para-hydroxylation sites is 2. The number of rotatable bonds is 10. The minimum Gasteiger partial charge on any atom is -0.593 e. The Morgan fingerprint density at radius 1 is 0.939 bits per heavy atom. The van der Waals surface area contributed by atoms with Gasteiger partial charge in [0.1, 0.15) is 5.75 Å². The zero-order valence-electron chi connectivity index (χ0n) is 19.1. The minimum atomic E-state index is -1.24. The van der Waals surface area contributed by atoms with Crippen molar-refractivity contribution < 1.29 is 14.4 Å². The lowest BCUT2D eigenvalue weighted by atomic mass is 10.0. The number of nitrogens with one attached hydrogen (secondary N) is 1. The molecule has 0 aliphatic carbocycles. The average Bonchev–Trinajstić information content (AvgIpc) is 3.03. The topological polar surface area (TPSA) is 67.8 Å². The van der Waals surface area contributed by atoms with Gasteiger partial charge in [0, 0.05) is 17.9 Å². The molecular weight excluding hydrogens is 432 g/mol. The standard InChI is InChI=1S/C27H32N2O3S/c1-32-24-15-17-25(18-16-24)33(31)28-19-7-6-10-23(20-30)29-26-11-4-2-8-21(26)13-14-22-9-3-5-12-27(22)29/h2-5,8-9,11-12,15-18,23,28,30H,6-7,10,13-14,19-20H2,1H3. The molecule has 0 saturated heterocycles. The molecule has 2 unspecified atom stereocenters. The highest BCUT2D eigenvalue weighted by molar-refractivity contribution is 7.89. The predicted molar refractivity (Wildman–Crippen MR) is 135 cm³/mol. The van der Waals surface area contributed by atoms with Gasteiger partial charge in [0.05, 0.1) is 31.1 Å². The number of hydrogen-bond acceptors (Lipinski definition) is 5. The molecule has 1 heterocycles. The number of aliphatic hydroxyl groups excluding tert-OH is 1. The summed E-state index contributed by atoms with van der Waals surface area (Å²) in [5.74, 6) is 0.752. The molecule has 5 nitrogen and oxygen atoms in total. The highest BCUT2D eigenvalue weighted by Gasteiger charge is 2.26. The van der Waals surface area contributed by atoms with Gasteiger partial charge in [0.2, 0.25) is 0 Å². The number of aliphatic hydroxyl groups is 1. The lowest BCUT2D eigenvalue weighted by Gasteiger charge is -2.34. The Labute approximate surface area is 199 Å². The van der Waals surface area contributed by atoms with Crippen LogP contribution in [0.3, 0.4) is 0 Å². The van der Waals surface area contributed by atoms with Crippen LogP contribution in [-0.2, 0) is 24.2 Å². The minimum absolute atomic E-state index is 0.00233. The van der Waals surface area contributed by atoms with E-state index in [1.165, 1.54) is 22.5 Å². The number of aryl methyl sites for hydroxylation is 2. The highest BCUT2D eigenvalue weighted by atomic mass is 32.2. The summed E-state index contributed by atoms with van der Waals surface area (Å²) in [4.78, 5) is 3.07. The summed E-state index contributed by atoms with van der Waals surface area (Å²) in [6, 6.07) is 24.3. The summed E-state index contributed by atoms with van der Waals surface area (Å²) in [5.41, 5.74) is 5.04. The van der Waals surface area contributed by atoms with E-state index in [1.54, 1.807) is 7.11 Å². The summed E-state index contributed by atoms with van der Waals surface area (Å²) in [5, 5.41) is 10.3. The van der Waals surface area contributed by atoms with Crippen molar-refractivity contribution in [3.63, 3.8) is 0 Å². The quantitative estimate of drug-likeness (QED) is 0.334. The second kappa shape index (κ2) is 11.6. The third kappa shape index (κ3) is 5.71. The molecule has 174 valence electrons. The largest absolute Gasteiger partial charge is 0.593 e. The molecular formula is C27H32N2O3S. The first-order valence-electron chi connectivity index (χ1n) is 11.6. The van der Waals surface area contributed by atoms with Gasteiger partial charge in [-0.3, -0.25) is 0 Å². The maximum Gasteiger partial charge on any atom is 0.174 e. The molecule has 1 aliphatic rings. The Morgan fingerprint density at radius 2 is 1.55 bits per heavy atom. The van der Waals surface area contributed by atoms with Gasteiger partial charge in [-0.15, -0.1) is 4.72 Å². The number of methoxy groups -OCH3 is 1. The van der Waals surface area contributed by atoms with Crippen LogP contribution in [0.5, 0.6) is 5.75 Å². The SMILES string of the molecule is COc1ccc([S+]([O-])NCCCCC(CO)N2c3ccccc3CCc3ccccc32)cc1. The van der Waals surface area contributed by atoms with Gasteiger partial charge in [-0.1, -0.05) is 36.4 Å². The molecule has 3 aromatic carbocycles. The van der Waals surface area contributed by atoms with Crippen molar-refractivity contribution in [2.75, 3.05) is 25.2 Å². The van der Waals surface area contributed by atoms with Gasteiger partial charge in [0.25, 0.3) is 0 Å². The first kappa shape index (κ1) is 23.6. The van der Waals surface area contributed by atoms with Crippen LogP contribution in [0.25, 0.3) is 0 Å². The molecule has 1 aliphatic heterocycles. The number of ether oxygens (including phenoxy) is 1. The van der Waals surface area contributed by atoms with Crippen molar-refractivity contribution in [3.05, 3.63) is 83.9 Å². The lowest BCUT2D eigenvalue weighted by molar-refractivity contribution is 0.256. The number of nitrogens with zero attached hydrogens (tertiary/aromatic N) is 1. The Bertz CT molecular complexity index is 980. The van der Waals surface area contributed by atoms with Gasteiger partial charge in [-0.2, -0.15) is 0 Å². The fraction of sp³-hybridized carbons (Fsp3) is 0.333. The molecule has 2 N–H and O–H groups in total. The summed E-state index contributed by atoms with van der Waals surface area (Å²) in [6.45, 7) is 0.748. The Balaban J connectivity index is 1.37. The van der Waals surface area contributed by atoms with Gasteiger partial charge >= 0.3 is 0 Å². The van der Waals surface area contributed by atoms with Crippen LogP contribution in [0.1, 0.15) is 30.4 Å². The van der Waals surface area contributed by atoms with E-state index in [0.29, 0.717) is 6.54 Å². The van der Waals surface area contributed by atoms with Gasteiger partial charge in [-0.25, -0.2) is 0 Å². The summed E-state index contributed by atoms with van der Waals surface area (Å²) >= 11 is -1.24. The first-order valence-corrected chi connectivity index (χ1v) is 12.7. The van der Waals surface area contributed by atoms with E-state index in [0.717, 1.165) is 42.7 Å². The van der Waals surface area contributed by atoms with Crippen molar-refractivity contribution >= 4 is 22.7 Å². The third-order valence-corrected chi connectivity index (χ3v) is 7.38. The van der Waals surface area contributed by atoms with E-state index >= 15 is 0 Å². The molecule has 4 rings (SSSR count). The molecule has 0 amide bonds. The van der Waals surface area contributed by atoms with Crippen molar-refractivity contribution in [2.24, 2.45) is 0 Å². The summed E-state index contributed by atoms with van der Waals surface area (Å²) in [7, 11) is 1.62. The monoisotopic (exact) mass is 464 g/mol. The van der Waals surface area contributed by atoms with E-state index in [-0.39, 0.29) is 12.6 Å². The molecule has 0 bridgehead atoms. The zero-order valence-corrected chi connectivity index (χ0v) is 19.9. The van der Waals surface area contributed by atoms with Gasteiger partial charge in [-0.05, 0) is 79.6 Å². The Morgan fingerprint density at radius 3 is 2.12 bits per heavy atom. The third-order valence-electron chi connectivity index (χ3n) is 6.21. The van der Waals surface area contributed by atoms with Crippen LogP contribution in [0.2, 0.25) is 0 Å². The molecule has 33 heavy (non-hydrogen) atoms.